The molecular formula is C14H18N4. The molecule has 3 rings (SSSR count). The molecule has 4 heteroatoms. The van der Waals surface area contributed by atoms with Gasteiger partial charge in [-0.05, 0) is 25.0 Å². The van der Waals surface area contributed by atoms with Crippen LogP contribution in [0.15, 0.2) is 36.7 Å². The maximum Gasteiger partial charge on any atom is 0.139 e. The van der Waals surface area contributed by atoms with E-state index in [1.807, 2.05) is 22.8 Å². The van der Waals surface area contributed by atoms with Crippen molar-refractivity contribution in [3.8, 4) is 5.69 Å². The van der Waals surface area contributed by atoms with Gasteiger partial charge in [0.1, 0.15) is 12.2 Å². The first kappa shape index (κ1) is 11.4. The van der Waals surface area contributed by atoms with Gasteiger partial charge in [-0.2, -0.15) is 0 Å². The Balaban J connectivity index is 1.88. The Morgan fingerprint density at radius 3 is 2.61 bits per heavy atom. The van der Waals surface area contributed by atoms with Crippen LogP contribution in [0.2, 0.25) is 0 Å². The second-order valence-electron chi connectivity index (χ2n) is 5.20. The van der Waals surface area contributed by atoms with E-state index in [4.69, 9.17) is 5.73 Å². The normalized spacial score (nSPS) is 18.1. The summed E-state index contributed by atoms with van der Waals surface area (Å²) in [5, 5.41) is 8.26. The SMILES string of the molecule is NC1(Cc2nncn2-c2ccccc2)CCCC1. The Hall–Kier alpha value is -1.68. The second-order valence-corrected chi connectivity index (χ2v) is 5.20. The van der Waals surface area contributed by atoms with E-state index < -0.39 is 0 Å². The molecule has 1 aromatic heterocycles. The summed E-state index contributed by atoms with van der Waals surface area (Å²) in [7, 11) is 0. The fourth-order valence-corrected chi connectivity index (χ4v) is 2.75. The summed E-state index contributed by atoms with van der Waals surface area (Å²) < 4.78 is 2.03. The Bertz CT molecular complexity index is 512. The fraction of sp³-hybridized carbons (Fsp3) is 0.429. The Labute approximate surface area is 107 Å². The Morgan fingerprint density at radius 2 is 1.89 bits per heavy atom. The number of aromatic nitrogens is 3. The van der Waals surface area contributed by atoms with Crippen molar-refractivity contribution in [2.24, 2.45) is 5.73 Å². The van der Waals surface area contributed by atoms with E-state index in [-0.39, 0.29) is 5.54 Å². The molecule has 94 valence electrons. The number of para-hydroxylation sites is 1. The molecule has 0 spiro atoms. The van der Waals surface area contributed by atoms with Crippen LogP contribution in [0.4, 0.5) is 0 Å². The molecule has 4 nitrogen and oxygen atoms in total. The highest BCUT2D eigenvalue weighted by Gasteiger charge is 2.31. The monoisotopic (exact) mass is 242 g/mol. The minimum Gasteiger partial charge on any atom is -0.325 e. The van der Waals surface area contributed by atoms with E-state index in [0.717, 1.165) is 30.8 Å². The van der Waals surface area contributed by atoms with Gasteiger partial charge in [-0.15, -0.1) is 10.2 Å². The lowest BCUT2D eigenvalue weighted by atomic mass is 9.94. The fourth-order valence-electron chi connectivity index (χ4n) is 2.75. The van der Waals surface area contributed by atoms with Gasteiger partial charge in [-0.25, -0.2) is 0 Å². The second kappa shape index (κ2) is 4.53. The van der Waals surface area contributed by atoms with Crippen LogP contribution < -0.4 is 5.73 Å². The first-order chi connectivity index (χ1) is 8.77. The molecule has 0 bridgehead atoms. The number of nitrogens with two attached hydrogens (primary N) is 1. The zero-order chi connectivity index (χ0) is 12.4. The van der Waals surface area contributed by atoms with Crippen molar-refractivity contribution in [1.29, 1.82) is 0 Å². The van der Waals surface area contributed by atoms with Crippen molar-refractivity contribution in [1.82, 2.24) is 14.8 Å². The third-order valence-electron chi connectivity index (χ3n) is 3.76. The van der Waals surface area contributed by atoms with E-state index in [0.29, 0.717) is 0 Å². The summed E-state index contributed by atoms with van der Waals surface area (Å²) in [6.45, 7) is 0. The minimum absolute atomic E-state index is 0.0838. The maximum absolute atomic E-state index is 6.42. The van der Waals surface area contributed by atoms with Gasteiger partial charge in [0.2, 0.25) is 0 Å². The van der Waals surface area contributed by atoms with Crippen molar-refractivity contribution in [2.45, 2.75) is 37.6 Å². The highest BCUT2D eigenvalue weighted by Crippen LogP contribution is 2.30. The topological polar surface area (TPSA) is 56.7 Å². The molecule has 0 saturated heterocycles. The first-order valence-electron chi connectivity index (χ1n) is 6.50. The van der Waals surface area contributed by atoms with Crippen LogP contribution in [0, 0.1) is 0 Å². The summed E-state index contributed by atoms with van der Waals surface area (Å²) >= 11 is 0. The van der Waals surface area contributed by atoms with Crippen molar-refractivity contribution >= 4 is 0 Å². The van der Waals surface area contributed by atoms with E-state index >= 15 is 0 Å². The van der Waals surface area contributed by atoms with E-state index in [9.17, 15) is 0 Å². The number of rotatable bonds is 3. The molecule has 2 N–H and O–H groups in total. The third-order valence-corrected chi connectivity index (χ3v) is 3.76. The predicted octanol–water partition coefficient (Wildman–Crippen LogP) is 2.08. The summed E-state index contributed by atoms with van der Waals surface area (Å²) in [4.78, 5) is 0. The molecule has 0 radical (unpaired) electrons. The first-order valence-corrected chi connectivity index (χ1v) is 6.50. The number of hydrogen-bond donors (Lipinski definition) is 1. The van der Waals surface area contributed by atoms with Crippen LogP contribution in [-0.2, 0) is 6.42 Å². The number of benzene rings is 1. The van der Waals surface area contributed by atoms with Gasteiger partial charge in [-0.1, -0.05) is 31.0 Å². The smallest absolute Gasteiger partial charge is 0.139 e. The van der Waals surface area contributed by atoms with Gasteiger partial charge >= 0.3 is 0 Å². The van der Waals surface area contributed by atoms with Crippen LogP contribution in [0.1, 0.15) is 31.5 Å². The zero-order valence-corrected chi connectivity index (χ0v) is 10.4. The lowest BCUT2D eigenvalue weighted by Gasteiger charge is -2.22. The third kappa shape index (κ3) is 2.16. The molecule has 0 amide bonds. The average molecular weight is 242 g/mol. The highest BCUT2D eigenvalue weighted by molar-refractivity contribution is 5.32. The summed E-state index contributed by atoms with van der Waals surface area (Å²) in [5.41, 5.74) is 7.43. The molecule has 2 aromatic rings. The molecule has 1 fully saturated rings. The van der Waals surface area contributed by atoms with Gasteiger partial charge in [0.05, 0.1) is 0 Å². The minimum atomic E-state index is -0.0838. The number of nitrogens with zero attached hydrogens (tertiary/aromatic N) is 3. The maximum atomic E-state index is 6.42. The van der Waals surface area contributed by atoms with Crippen LogP contribution in [0.3, 0.4) is 0 Å². The van der Waals surface area contributed by atoms with Crippen molar-refractivity contribution < 1.29 is 0 Å². The molecular weight excluding hydrogens is 224 g/mol. The summed E-state index contributed by atoms with van der Waals surface area (Å²) in [6.07, 6.45) is 7.22. The quantitative estimate of drug-likeness (QED) is 0.896. The zero-order valence-electron chi connectivity index (χ0n) is 10.4. The molecule has 1 heterocycles. The van der Waals surface area contributed by atoms with Gasteiger partial charge in [0.15, 0.2) is 0 Å². The summed E-state index contributed by atoms with van der Waals surface area (Å²) in [6, 6.07) is 10.2. The Morgan fingerprint density at radius 1 is 1.17 bits per heavy atom. The van der Waals surface area contributed by atoms with Crippen LogP contribution in [0.25, 0.3) is 5.69 Å². The average Bonchev–Trinajstić information content (AvgIpc) is 3.00. The molecule has 0 unspecified atom stereocenters. The van der Waals surface area contributed by atoms with E-state index in [2.05, 4.69) is 22.3 Å². The number of hydrogen-bond acceptors (Lipinski definition) is 3. The molecule has 1 saturated carbocycles. The van der Waals surface area contributed by atoms with Gasteiger partial charge < -0.3 is 5.73 Å². The molecule has 1 aliphatic rings. The molecule has 0 aliphatic heterocycles. The highest BCUT2D eigenvalue weighted by atomic mass is 15.3. The lowest BCUT2D eigenvalue weighted by Crippen LogP contribution is -2.39. The van der Waals surface area contributed by atoms with Crippen LogP contribution in [0.5, 0.6) is 0 Å². The van der Waals surface area contributed by atoms with Gasteiger partial charge in [0, 0.05) is 17.6 Å². The van der Waals surface area contributed by atoms with Crippen molar-refractivity contribution in [3.63, 3.8) is 0 Å². The molecule has 18 heavy (non-hydrogen) atoms. The predicted molar refractivity (Wildman–Crippen MR) is 70.4 cm³/mol. The standard InChI is InChI=1S/C14H18N4/c15-14(8-4-5-9-14)10-13-17-16-11-18(13)12-6-2-1-3-7-12/h1-3,6-7,11H,4-5,8-10,15H2. The van der Waals surface area contributed by atoms with Crippen LogP contribution in [-0.4, -0.2) is 20.3 Å². The molecule has 0 atom stereocenters. The van der Waals surface area contributed by atoms with Gasteiger partial charge in [0.25, 0.3) is 0 Å². The summed E-state index contributed by atoms with van der Waals surface area (Å²) in [5.74, 6) is 0.964. The van der Waals surface area contributed by atoms with Crippen molar-refractivity contribution in [2.75, 3.05) is 0 Å². The Kier molecular flexibility index (Phi) is 2.88. The van der Waals surface area contributed by atoms with Crippen molar-refractivity contribution in [3.05, 3.63) is 42.5 Å². The van der Waals surface area contributed by atoms with Gasteiger partial charge in [-0.3, -0.25) is 4.57 Å². The van der Waals surface area contributed by atoms with E-state index in [1.165, 1.54) is 12.8 Å². The molecule has 1 aromatic carbocycles. The lowest BCUT2D eigenvalue weighted by molar-refractivity contribution is 0.423. The largest absolute Gasteiger partial charge is 0.325 e. The molecule has 1 aliphatic carbocycles. The van der Waals surface area contributed by atoms with Crippen LogP contribution >= 0.6 is 0 Å². The van der Waals surface area contributed by atoms with E-state index in [1.54, 1.807) is 6.33 Å².